The van der Waals surface area contributed by atoms with Gasteiger partial charge in [-0.2, -0.15) is 0 Å². The van der Waals surface area contributed by atoms with Crippen LogP contribution in [0, 0.1) is 40.4 Å². The minimum atomic E-state index is -0.585. The molecule has 0 aromatic carbocycles. The van der Waals surface area contributed by atoms with Gasteiger partial charge in [-0.15, -0.1) is 0 Å². The van der Waals surface area contributed by atoms with E-state index in [0.29, 0.717) is 36.0 Å². The summed E-state index contributed by atoms with van der Waals surface area (Å²) >= 11 is 0. The van der Waals surface area contributed by atoms with Gasteiger partial charge < -0.3 is 21.4 Å². The molecule has 0 saturated heterocycles. The van der Waals surface area contributed by atoms with E-state index in [2.05, 4.69) is 29.9 Å². The summed E-state index contributed by atoms with van der Waals surface area (Å²) in [5, 5.41) is 21.5. The first kappa shape index (κ1) is 26.2. The lowest BCUT2D eigenvalue weighted by Gasteiger charge is -2.62. The highest BCUT2D eigenvalue weighted by atomic mass is 16.3. The maximum absolute atomic E-state index is 13.5. The number of hydrazine groups is 1. The molecule has 0 amide bonds. The second-order valence-electron chi connectivity index (χ2n) is 13.4. The predicted octanol–water partition coefficient (Wildman–Crippen LogP) is 4.33. The molecule has 4 saturated carbocycles. The number of fused-ring (bicyclic) bond motifs is 5. The summed E-state index contributed by atoms with van der Waals surface area (Å²) in [6, 6.07) is 0. The molecule has 0 aromatic heterocycles. The smallest absolute Gasteiger partial charge is 0.152 e. The zero-order chi connectivity index (χ0) is 25.6. The van der Waals surface area contributed by atoms with Crippen LogP contribution in [0.3, 0.4) is 0 Å². The van der Waals surface area contributed by atoms with Crippen LogP contribution < -0.4 is 16.6 Å². The minimum Gasteiger partial charge on any atom is -0.400 e. The molecule has 4 fully saturated rings. The molecular weight excluding hydrogens is 450 g/mol. The molecule has 6 N–H and O–H groups in total. The molecule has 36 heavy (non-hydrogen) atoms. The van der Waals surface area contributed by atoms with Crippen molar-refractivity contribution in [2.75, 3.05) is 13.2 Å². The lowest BCUT2D eigenvalue weighted by molar-refractivity contribution is -0.171. The number of aliphatic hydroxyl groups excluding tert-OH is 1. The Labute approximate surface area is 217 Å². The van der Waals surface area contributed by atoms with Crippen LogP contribution in [0.1, 0.15) is 97.3 Å². The van der Waals surface area contributed by atoms with E-state index in [4.69, 9.17) is 5.73 Å². The Balaban J connectivity index is 1.24. The highest BCUT2D eigenvalue weighted by Crippen LogP contribution is 2.68. The van der Waals surface area contributed by atoms with E-state index in [1.807, 2.05) is 6.92 Å². The normalized spacial score (nSPS) is 47.6. The Morgan fingerprint density at radius 2 is 1.92 bits per heavy atom. The maximum Gasteiger partial charge on any atom is 0.152 e. The Morgan fingerprint density at radius 3 is 2.72 bits per heavy atom. The zero-order valence-electron chi connectivity index (χ0n) is 22.5. The summed E-state index contributed by atoms with van der Waals surface area (Å²) in [6.45, 7) is 4.96. The summed E-state index contributed by atoms with van der Waals surface area (Å²) in [7, 11) is 0. The molecule has 5 aliphatic rings. The van der Waals surface area contributed by atoms with E-state index in [-0.39, 0.29) is 23.4 Å². The zero-order valence-corrected chi connectivity index (χ0v) is 22.5. The monoisotopic (exact) mass is 499 g/mol. The van der Waals surface area contributed by atoms with Gasteiger partial charge in [0.05, 0.1) is 12.1 Å². The summed E-state index contributed by atoms with van der Waals surface area (Å²) in [6.07, 6.45) is 17.3. The maximum atomic E-state index is 13.5. The molecule has 0 aliphatic heterocycles. The number of carbonyl (C=O) groups excluding carboxylic acids is 1. The van der Waals surface area contributed by atoms with Crippen LogP contribution in [0.5, 0.6) is 0 Å². The molecule has 1 unspecified atom stereocenters. The van der Waals surface area contributed by atoms with E-state index < -0.39 is 5.60 Å². The summed E-state index contributed by atoms with van der Waals surface area (Å²) in [5.41, 5.74) is 14.1. The van der Waals surface area contributed by atoms with E-state index >= 15 is 0 Å². The van der Waals surface area contributed by atoms with Gasteiger partial charge in [0.2, 0.25) is 0 Å². The number of nitrogens with one attached hydrogen (secondary N) is 2. The fourth-order valence-corrected chi connectivity index (χ4v) is 9.58. The molecule has 0 bridgehead atoms. The average molecular weight is 500 g/mol. The number of aliphatic hydroxyl groups is 2. The lowest BCUT2D eigenvalue weighted by Crippen LogP contribution is -2.58. The number of allylic oxidation sites excluding steroid dienone is 3. The van der Waals surface area contributed by atoms with Crippen molar-refractivity contribution < 1.29 is 15.0 Å². The average Bonchev–Trinajstić information content (AvgIpc) is 3.20. The standard InChI is InChI=1S/C30H49N3O3/c1-28(36)15-16-30(19-34)20(17-28)9-10-21-22-11-12-24(29(22,2)14-13-23(21)30)27(35)18-32-33-26-8-6-4-3-5-7-25(26)31/h3,5,20-24,32-34,36H,4,6-19,31H2,1-2H3/b5-3-,26-25+/t20-,21-,22?,23-,24+,28+,29-,30+/m0/s1. The molecule has 5 rings (SSSR count). The molecule has 0 heterocycles. The van der Waals surface area contributed by atoms with Crippen molar-refractivity contribution in [1.82, 2.24) is 10.9 Å². The van der Waals surface area contributed by atoms with E-state index in [0.717, 1.165) is 88.4 Å². The third-order valence-corrected chi connectivity index (χ3v) is 11.5. The van der Waals surface area contributed by atoms with Crippen LogP contribution in [0.25, 0.3) is 0 Å². The number of hydrogen-bond acceptors (Lipinski definition) is 6. The van der Waals surface area contributed by atoms with Crippen LogP contribution >= 0.6 is 0 Å². The first-order valence-electron chi connectivity index (χ1n) is 14.7. The van der Waals surface area contributed by atoms with Gasteiger partial charge in [0.1, 0.15) is 0 Å². The Morgan fingerprint density at radius 1 is 1.08 bits per heavy atom. The molecule has 0 spiro atoms. The van der Waals surface area contributed by atoms with Gasteiger partial charge >= 0.3 is 0 Å². The second kappa shape index (κ2) is 10.1. The molecule has 0 aromatic rings. The van der Waals surface area contributed by atoms with E-state index in [1.165, 1.54) is 6.42 Å². The highest BCUT2D eigenvalue weighted by molar-refractivity contribution is 5.84. The number of hydrogen-bond donors (Lipinski definition) is 5. The largest absolute Gasteiger partial charge is 0.400 e. The van der Waals surface area contributed by atoms with Gasteiger partial charge in [0, 0.05) is 30.3 Å². The van der Waals surface area contributed by atoms with Gasteiger partial charge in [-0.25, -0.2) is 5.43 Å². The van der Waals surface area contributed by atoms with Crippen LogP contribution in [0.15, 0.2) is 23.5 Å². The summed E-state index contributed by atoms with van der Waals surface area (Å²) in [5.74, 6) is 2.57. The number of carbonyl (C=O) groups is 1. The van der Waals surface area contributed by atoms with Crippen LogP contribution in [-0.2, 0) is 4.79 Å². The van der Waals surface area contributed by atoms with Gasteiger partial charge in [0.15, 0.2) is 5.78 Å². The van der Waals surface area contributed by atoms with Crippen LogP contribution in [0.2, 0.25) is 0 Å². The highest BCUT2D eigenvalue weighted by Gasteiger charge is 2.62. The van der Waals surface area contributed by atoms with Crippen molar-refractivity contribution in [3.63, 3.8) is 0 Å². The quantitative estimate of drug-likeness (QED) is 0.275. The fraction of sp³-hybridized carbons (Fsp3) is 0.833. The summed E-state index contributed by atoms with van der Waals surface area (Å²) < 4.78 is 0. The Bertz CT molecular complexity index is 898. The number of nitrogens with two attached hydrogens (primary N) is 1. The minimum absolute atomic E-state index is 0.0273. The second-order valence-corrected chi connectivity index (χ2v) is 13.4. The van der Waals surface area contributed by atoms with Crippen molar-refractivity contribution in [3.8, 4) is 0 Å². The number of ketones is 1. The van der Waals surface area contributed by atoms with E-state index in [1.54, 1.807) is 0 Å². The third-order valence-electron chi connectivity index (χ3n) is 11.5. The molecule has 5 aliphatic carbocycles. The van der Waals surface area contributed by atoms with Gasteiger partial charge in [-0.1, -0.05) is 19.1 Å². The van der Waals surface area contributed by atoms with Crippen LogP contribution in [0.4, 0.5) is 0 Å². The molecule has 202 valence electrons. The lowest BCUT2D eigenvalue weighted by atomic mass is 9.43. The first-order chi connectivity index (χ1) is 17.2. The molecule has 6 nitrogen and oxygen atoms in total. The molecule has 6 heteroatoms. The van der Waals surface area contributed by atoms with Crippen molar-refractivity contribution in [2.45, 2.75) is 103 Å². The Kier molecular flexibility index (Phi) is 7.34. The van der Waals surface area contributed by atoms with Gasteiger partial charge in [-0.05, 0) is 118 Å². The molecule has 8 atom stereocenters. The van der Waals surface area contributed by atoms with E-state index in [9.17, 15) is 15.0 Å². The summed E-state index contributed by atoms with van der Waals surface area (Å²) in [4.78, 5) is 13.5. The van der Waals surface area contributed by atoms with Gasteiger partial charge in [0.25, 0.3) is 0 Å². The van der Waals surface area contributed by atoms with Crippen LogP contribution in [-0.4, -0.2) is 34.7 Å². The third kappa shape index (κ3) is 4.56. The fourth-order valence-electron chi connectivity index (χ4n) is 9.58. The molecular formula is C30H49N3O3. The Hall–Kier alpha value is -1.37. The van der Waals surface area contributed by atoms with Gasteiger partial charge in [-0.3, -0.25) is 4.79 Å². The number of rotatable bonds is 6. The van der Waals surface area contributed by atoms with Crippen molar-refractivity contribution in [1.29, 1.82) is 0 Å². The number of Topliss-reactive ketones (excluding diaryl/α,β-unsaturated/α-hetero) is 1. The van der Waals surface area contributed by atoms with Crippen molar-refractivity contribution >= 4 is 5.78 Å². The van der Waals surface area contributed by atoms with Crippen molar-refractivity contribution in [3.05, 3.63) is 23.5 Å². The first-order valence-corrected chi connectivity index (χ1v) is 14.7. The predicted molar refractivity (Wildman–Crippen MR) is 142 cm³/mol. The molecule has 0 radical (unpaired) electrons. The van der Waals surface area contributed by atoms with Crippen molar-refractivity contribution in [2.24, 2.45) is 46.2 Å². The topological polar surface area (TPSA) is 108 Å². The SMILES string of the molecule is C[C@@]1(O)CC[C@@]2(CO)[C@@H](CC[C@H]3C4CC[C@H](C(=O)CNN/C5=C(/N)C/C=C\CCC5)[C@@]4(C)CC[C@@H]32)C1.